The van der Waals surface area contributed by atoms with Gasteiger partial charge in [0.1, 0.15) is 5.69 Å². The summed E-state index contributed by atoms with van der Waals surface area (Å²) in [6.45, 7) is 4.15. The zero-order chi connectivity index (χ0) is 14.1. The van der Waals surface area contributed by atoms with Crippen molar-refractivity contribution in [3.05, 3.63) is 36.7 Å². The number of aromatic carboxylic acids is 1. The number of pyridine rings is 1. The van der Waals surface area contributed by atoms with Gasteiger partial charge < -0.3 is 15.7 Å². The van der Waals surface area contributed by atoms with Crippen LogP contribution >= 0.6 is 11.8 Å². The molecule has 0 atom stereocenters. The van der Waals surface area contributed by atoms with Gasteiger partial charge in [0.25, 0.3) is 0 Å². The van der Waals surface area contributed by atoms with E-state index in [-0.39, 0.29) is 11.7 Å². The normalized spacial score (nSPS) is 9.68. The molecule has 1 aromatic heterocycles. The van der Waals surface area contributed by atoms with E-state index in [1.807, 2.05) is 0 Å². The van der Waals surface area contributed by atoms with E-state index >= 15 is 0 Å². The fourth-order valence-corrected chi connectivity index (χ4v) is 1.75. The maximum atomic E-state index is 11.5. The van der Waals surface area contributed by atoms with Gasteiger partial charge in [-0.2, -0.15) is 11.8 Å². The monoisotopic (exact) mass is 281 g/mol. The molecular formula is C12H15N3O3S. The Hall–Kier alpha value is -2.02. The van der Waals surface area contributed by atoms with Gasteiger partial charge in [0.2, 0.25) is 0 Å². The molecule has 0 aliphatic heterocycles. The largest absolute Gasteiger partial charge is 0.477 e. The fourth-order valence-electron chi connectivity index (χ4n) is 1.17. The molecule has 102 valence electrons. The lowest BCUT2D eigenvalue weighted by Gasteiger charge is -2.07. The summed E-state index contributed by atoms with van der Waals surface area (Å²) in [5.41, 5.74) is 0.382. The summed E-state index contributed by atoms with van der Waals surface area (Å²) < 4.78 is 0. The number of nitrogens with zero attached hydrogens (tertiary/aromatic N) is 1. The molecule has 3 N–H and O–H groups in total. The number of hydrogen-bond acceptors (Lipinski definition) is 4. The molecule has 0 radical (unpaired) electrons. The highest BCUT2D eigenvalue weighted by atomic mass is 32.2. The molecule has 0 aromatic carbocycles. The first-order chi connectivity index (χ1) is 9.13. The number of carbonyl (C=O) groups excluding carboxylic acids is 1. The van der Waals surface area contributed by atoms with Gasteiger partial charge in [-0.3, -0.25) is 0 Å². The SMILES string of the molecule is C=CCSCCNC(=O)Nc1ccc(C(=O)O)nc1. The highest BCUT2D eigenvalue weighted by Crippen LogP contribution is 2.05. The molecule has 19 heavy (non-hydrogen) atoms. The highest BCUT2D eigenvalue weighted by Gasteiger charge is 2.05. The van der Waals surface area contributed by atoms with Gasteiger partial charge in [-0.1, -0.05) is 6.08 Å². The Morgan fingerprint density at radius 3 is 2.84 bits per heavy atom. The van der Waals surface area contributed by atoms with E-state index in [0.29, 0.717) is 12.2 Å². The third kappa shape index (κ3) is 5.91. The summed E-state index contributed by atoms with van der Waals surface area (Å²) in [6, 6.07) is 2.48. The predicted molar refractivity (Wildman–Crippen MR) is 75.7 cm³/mol. The van der Waals surface area contributed by atoms with Crippen molar-refractivity contribution in [3.8, 4) is 0 Å². The van der Waals surface area contributed by atoms with Crippen molar-refractivity contribution in [2.45, 2.75) is 0 Å². The molecule has 0 fully saturated rings. The summed E-state index contributed by atoms with van der Waals surface area (Å²) in [7, 11) is 0. The number of rotatable bonds is 7. The molecule has 0 saturated carbocycles. The second-order valence-corrected chi connectivity index (χ2v) is 4.63. The fraction of sp³-hybridized carbons (Fsp3) is 0.250. The van der Waals surface area contributed by atoms with Crippen molar-refractivity contribution in [1.82, 2.24) is 10.3 Å². The Morgan fingerprint density at radius 1 is 1.47 bits per heavy atom. The van der Waals surface area contributed by atoms with E-state index in [4.69, 9.17) is 5.11 Å². The molecule has 0 aliphatic carbocycles. The van der Waals surface area contributed by atoms with Gasteiger partial charge in [0.05, 0.1) is 11.9 Å². The first-order valence-corrected chi connectivity index (χ1v) is 6.72. The van der Waals surface area contributed by atoms with Gasteiger partial charge >= 0.3 is 12.0 Å². The lowest BCUT2D eigenvalue weighted by molar-refractivity contribution is 0.0690. The Labute approximate surface area is 115 Å². The van der Waals surface area contributed by atoms with Crippen LogP contribution in [0.5, 0.6) is 0 Å². The van der Waals surface area contributed by atoms with E-state index in [1.165, 1.54) is 18.3 Å². The molecule has 1 heterocycles. The van der Waals surface area contributed by atoms with E-state index in [1.54, 1.807) is 17.8 Å². The first kappa shape index (κ1) is 15.0. The molecule has 2 amide bonds. The summed E-state index contributed by atoms with van der Waals surface area (Å²) in [4.78, 5) is 25.8. The van der Waals surface area contributed by atoms with Crippen LogP contribution in [0.2, 0.25) is 0 Å². The molecule has 7 heteroatoms. The van der Waals surface area contributed by atoms with Crippen molar-refractivity contribution < 1.29 is 14.7 Å². The van der Waals surface area contributed by atoms with Crippen LogP contribution in [0, 0.1) is 0 Å². The standard InChI is InChI=1S/C12H15N3O3S/c1-2-6-19-7-5-13-12(18)15-9-3-4-10(11(16)17)14-8-9/h2-4,8H,1,5-7H2,(H,16,17)(H2,13,15,18). The lowest BCUT2D eigenvalue weighted by atomic mass is 10.3. The Morgan fingerprint density at radius 2 is 2.26 bits per heavy atom. The van der Waals surface area contributed by atoms with Crippen LogP contribution in [-0.2, 0) is 0 Å². The minimum absolute atomic E-state index is 0.0632. The number of carboxylic acid groups (broad SMARTS) is 1. The summed E-state index contributed by atoms with van der Waals surface area (Å²) in [6.07, 6.45) is 3.11. The second kappa shape index (κ2) is 8.15. The number of urea groups is 1. The average molecular weight is 281 g/mol. The van der Waals surface area contributed by atoms with E-state index in [0.717, 1.165) is 11.5 Å². The smallest absolute Gasteiger partial charge is 0.354 e. The summed E-state index contributed by atoms with van der Waals surface area (Å²) in [5.74, 6) is 0.551. The highest BCUT2D eigenvalue weighted by molar-refractivity contribution is 7.99. The molecule has 0 unspecified atom stereocenters. The van der Waals surface area contributed by atoms with Gasteiger partial charge in [-0.05, 0) is 12.1 Å². The van der Waals surface area contributed by atoms with Crippen LogP contribution < -0.4 is 10.6 Å². The minimum atomic E-state index is -1.10. The number of hydrogen-bond donors (Lipinski definition) is 3. The number of thioether (sulfide) groups is 1. The first-order valence-electron chi connectivity index (χ1n) is 5.56. The van der Waals surface area contributed by atoms with Crippen LogP contribution in [0.1, 0.15) is 10.5 Å². The third-order valence-electron chi connectivity index (χ3n) is 2.01. The van der Waals surface area contributed by atoms with Crippen LogP contribution in [-0.4, -0.2) is 40.1 Å². The van der Waals surface area contributed by atoms with Gasteiger partial charge in [0, 0.05) is 18.1 Å². The van der Waals surface area contributed by atoms with Crippen LogP contribution in [0.25, 0.3) is 0 Å². The summed E-state index contributed by atoms with van der Waals surface area (Å²) >= 11 is 1.67. The Bertz CT molecular complexity index is 448. The molecule has 0 aliphatic rings. The number of anilines is 1. The maximum Gasteiger partial charge on any atom is 0.354 e. The third-order valence-corrected chi connectivity index (χ3v) is 2.97. The molecule has 1 aromatic rings. The lowest BCUT2D eigenvalue weighted by Crippen LogP contribution is -2.30. The van der Waals surface area contributed by atoms with Crippen molar-refractivity contribution in [2.24, 2.45) is 0 Å². The Balaban J connectivity index is 2.31. The number of carbonyl (C=O) groups is 2. The quantitative estimate of drug-likeness (QED) is 0.524. The topological polar surface area (TPSA) is 91.3 Å². The van der Waals surface area contributed by atoms with Gasteiger partial charge in [-0.25, -0.2) is 14.6 Å². The zero-order valence-electron chi connectivity index (χ0n) is 10.3. The predicted octanol–water partition coefficient (Wildman–Crippen LogP) is 1.82. The second-order valence-electron chi connectivity index (χ2n) is 3.48. The summed E-state index contributed by atoms with van der Waals surface area (Å²) in [5, 5.41) is 13.9. The zero-order valence-corrected chi connectivity index (χ0v) is 11.1. The van der Waals surface area contributed by atoms with Crippen molar-refractivity contribution >= 4 is 29.4 Å². The molecule has 1 rings (SSSR count). The average Bonchev–Trinajstić information content (AvgIpc) is 2.39. The molecule has 0 saturated heterocycles. The van der Waals surface area contributed by atoms with Crippen LogP contribution in [0.4, 0.5) is 10.5 Å². The molecular weight excluding hydrogens is 266 g/mol. The number of aromatic nitrogens is 1. The molecule has 0 spiro atoms. The van der Waals surface area contributed by atoms with E-state index < -0.39 is 5.97 Å². The Kier molecular flexibility index (Phi) is 6.45. The number of nitrogens with one attached hydrogen (secondary N) is 2. The van der Waals surface area contributed by atoms with Gasteiger partial charge in [0.15, 0.2) is 0 Å². The van der Waals surface area contributed by atoms with Crippen LogP contribution in [0.3, 0.4) is 0 Å². The van der Waals surface area contributed by atoms with Crippen LogP contribution in [0.15, 0.2) is 31.0 Å². The molecule has 0 bridgehead atoms. The maximum absolute atomic E-state index is 11.5. The van der Waals surface area contributed by atoms with E-state index in [2.05, 4.69) is 22.2 Å². The van der Waals surface area contributed by atoms with E-state index in [9.17, 15) is 9.59 Å². The number of carboxylic acids is 1. The van der Waals surface area contributed by atoms with Crippen molar-refractivity contribution in [1.29, 1.82) is 0 Å². The minimum Gasteiger partial charge on any atom is -0.477 e. The number of amides is 2. The van der Waals surface area contributed by atoms with Gasteiger partial charge in [-0.15, -0.1) is 6.58 Å². The van der Waals surface area contributed by atoms with Crippen molar-refractivity contribution in [3.63, 3.8) is 0 Å². The van der Waals surface area contributed by atoms with Crippen molar-refractivity contribution in [2.75, 3.05) is 23.4 Å². The molecule has 6 nitrogen and oxygen atoms in total.